The summed E-state index contributed by atoms with van der Waals surface area (Å²) in [6.07, 6.45) is 19.1. The van der Waals surface area contributed by atoms with Crippen molar-refractivity contribution in [3.63, 3.8) is 0 Å². The van der Waals surface area contributed by atoms with Gasteiger partial charge in [-0.25, -0.2) is 4.79 Å². The third-order valence-electron chi connectivity index (χ3n) is 15.6. The molecule has 11 atom stereocenters. The van der Waals surface area contributed by atoms with E-state index in [9.17, 15) is 28.8 Å². The number of esters is 1. The van der Waals surface area contributed by atoms with Crippen molar-refractivity contribution in [3.8, 4) is 0 Å². The zero-order valence-corrected chi connectivity index (χ0v) is 35.1. The molecule has 12 nitrogen and oxygen atoms in total. The second kappa shape index (κ2) is 18.6. The minimum absolute atomic E-state index is 0.00389. The lowest BCUT2D eigenvalue weighted by Crippen LogP contribution is -2.53. The SMILES string of the molecule is CC[C@H]1O[C@@H](n2cc(/C=C/C(=O)NCCCC(=O)CC[C@@H](C)[C@H]3CC[C@H]4[C@@H]5CC[C@@H]6CCCC[C@]6(C)[C@H]5CC[C@]34C)c(=O)[nH]c2=O)C[C@H]1OC(=O)CCC(=O)NC. The number of H-pyrrole nitrogens is 1. The van der Waals surface area contributed by atoms with E-state index in [4.69, 9.17) is 9.47 Å². The predicted molar refractivity (Wildman–Crippen MR) is 218 cm³/mol. The summed E-state index contributed by atoms with van der Waals surface area (Å²) in [6.45, 7) is 9.84. The van der Waals surface area contributed by atoms with E-state index in [0.717, 1.165) is 30.1 Å². The second-order valence-corrected chi connectivity index (χ2v) is 18.6. The van der Waals surface area contributed by atoms with E-state index in [1.165, 1.54) is 94.2 Å². The van der Waals surface area contributed by atoms with E-state index in [1.807, 2.05) is 6.92 Å². The molecule has 0 aromatic carbocycles. The Bertz CT molecular complexity index is 1770. The highest BCUT2D eigenvalue weighted by molar-refractivity contribution is 5.91. The third-order valence-corrected chi connectivity index (χ3v) is 15.6. The molecule has 6 rings (SSSR count). The van der Waals surface area contributed by atoms with Crippen LogP contribution in [-0.4, -0.2) is 58.9 Å². The maximum atomic E-state index is 13.0. The number of hydrogen-bond donors (Lipinski definition) is 3. The van der Waals surface area contributed by atoms with Crippen molar-refractivity contribution in [2.75, 3.05) is 13.6 Å². The summed E-state index contributed by atoms with van der Waals surface area (Å²) in [5.41, 5.74) is -0.294. The average Bonchev–Trinajstić information content (AvgIpc) is 3.77. The molecule has 0 radical (unpaired) electrons. The molecule has 1 aromatic heterocycles. The number of carbonyl (C=O) groups is 4. The van der Waals surface area contributed by atoms with E-state index in [2.05, 4.69) is 36.4 Å². The molecule has 0 spiro atoms. The van der Waals surface area contributed by atoms with Crippen molar-refractivity contribution in [1.29, 1.82) is 0 Å². The number of Topliss-reactive ketones (excluding diaryl/α,β-unsaturated/α-hetero) is 1. The van der Waals surface area contributed by atoms with Gasteiger partial charge >= 0.3 is 11.7 Å². The van der Waals surface area contributed by atoms with Crippen molar-refractivity contribution in [2.45, 2.75) is 162 Å². The Kier molecular flexibility index (Phi) is 14.0. The summed E-state index contributed by atoms with van der Waals surface area (Å²) in [5.74, 6) is 3.84. The van der Waals surface area contributed by atoms with Crippen molar-refractivity contribution in [1.82, 2.24) is 20.2 Å². The van der Waals surface area contributed by atoms with Gasteiger partial charge in [0, 0.05) is 51.5 Å². The zero-order chi connectivity index (χ0) is 40.9. The number of fused-ring (bicyclic) bond motifs is 5. The van der Waals surface area contributed by atoms with Crippen molar-refractivity contribution < 1.29 is 28.7 Å². The van der Waals surface area contributed by atoms with Gasteiger partial charge < -0.3 is 20.1 Å². The lowest BCUT2D eigenvalue weighted by Gasteiger charge is -2.61. The number of ketones is 1. The molecule has 0 bridgehead atoms. The van der Waals surface area contributed by atoms with Gasteiger partial charge in [0.2, 0.25) is 11.8 Å². The molecule has 2 amide bonds. The molecule has 12 heteroatoms. The largest absolute Gasteiger partial charge is 0.459 e. The molecule has 2 heterocycles. The number of ether oxygens (including phenoxy) is 2. The molecule has 4 aliphatic carbocycles. The van der Waals surface area contributed by atoms with Gasteiger partial charge in [-0.05, 0) is 123 Å². The molecule has 1 saturated heterocycles. The summed E-state index contributed by atoms with van der Waals surface area (Å²) in [7, 11) is 1.49. The molecule has 5 fully saturated rings. The van der Waals surface area contributed by atoms with E-state index in [0.29, 0.717) is 54.9 Å². The Hall–Kier alpha value is -3.54. The van der Waals surface area contributed by atoms with E-state index >= 15 is 0 Å². The van der Waals surface area contributed by atoms with Crippen molar-refractivity contribution in [3.05, 3.63) is 38.7 Å². The Morgan fingerprint density at radius 1 is 0.982 bits per heavy atom. The molecule has 1 aromatic rings. The highest BCUT2D eigenvalue weighted by Crippen LogP contribution is 2.68. The lowest BCUT2D eigenvalue weighted by molar-refractivity contribution is -0.153. The van der Waals surface area contributed by atoms with Gasteiger partial charge in [0.05, 0.1) is 18.1 Å². The van der Waals surface area contributed by atoms with Crippen LogP contribution in [0, 0.1) is 46.3 Å². The lowest BCUT2D eigenvalue weighted by atomic mass is 9.44. The van der Waals surface area contributed by atoms with Crippen LogP contribution in [0.4, 0.5) is 0 Å². The molecule has 4 saturated carbocycles. The number of hydrogen-bond acceptors (Lipinski definition) is 8. The fraction of sp³-hybridized carbons (Fsp3) is 0.778. The smallest absolute Gasteiger partial charge is 0.330 e. The Morgan fingerprint density at radius 3 is 2.54 bits per heavy atom. The number of nitrogens with zero attached hydrogens (tertiary/aromatic N) is 1. The van der Waals surface area contributed by atoms with Gasteiger partial charge in [0.25, 0.3) is 5.56 Å². The van der Waals surface area contributed by atoms with E-state index in [-0.39, 0.29) is 36.5 Å². The summed E-state index contributed by atoms with van der Waals surface area (Å²) >= 11 is 0. The number of rotatable bonds is 16. The van der Waals surface area contributed by atoms with E-state index < -0.39 is 41.6 Å². The normalized spacial score (nSPS) is 33.8. The van der Waals surface area contributed by atoms with Gasteiger partial charge in [-0.1, -0.05) is 40.5 Å². The number of amides is 2. The maximum absolute atomic E-state index is 13.0. The Balaban J connectivity index is 0.925. The first-order valence-corrected chi connectivity index (χ1v) is 22.2. The quantitative estimate of drug-likeness (QED) is 0.0956. The fourth-order valence-electron chi connectivity index (χ4n) is 12.5. The molecular formula is C45H68N4O8. The number of carbonyl (C=O) groups excluding carboxylic acids is 4. The summed E-state index contributed by atoms with van der Waals surface area (Å²) in [4.78, 5) is 77.1. The minimum Gasteiger partial charge on any atom is -0.459 e. The van der Waals surface area contributed by atoms with Gasteiger partial charge in [-0.15, -0.1) is 0 Å². The molecular weight excluding hydrogens is 725 g/mol. The van der Waals surface area contributed by atoms with Gasteiger partial charge in [0.15, 0.2) is 0 Å². The number of aromatic amines is 1. The topological polar surface area (TPSA) is 166 Å². The van der Waals surface area contributed by atoms with E-state index in [1.54, 1.807) is 0 Å². The van der Waals surface area contributed by atoms with Crippen molar-refractivity contribution in [2.24, 2.45) is 46.3 Å². The number of nitrogens with one attached hydrogen (secondary N) is 3. The average molecular weight is 793 g/mol. The van der Waals surface area contributed by atoms with Crippen molar-refractivity contribution >= 4 is 29.6 Å². The first-order valence-electron chi connectivity index (χ1n) is 22.2. The molecule has 3 N–H and O–H groups in total. The molecule has 5 aliphatic rings. The first-order chi connectivity index (χ1) is 27.3. The standard InChI is InChI=1S/C45H68N4O8/c1-6-36-37(57-41(53)21-20-38(51)46-5)26-40(56-36)49-27-29(42(54)48-43(49)55)13-19-39(52)47-25-9-11-31(50)15-12-28(2)33-17-18-34-32-16-14-30-10-7-8-23-44(30,3)35(32)22-24-45(33,34)4/h13,19,27-28,30,32-37,40H,6-12,14-18,20-26H2,1-5H3,(H,46,51)(H,47,52)(H,48,54,55)/b19-13+/t28-,30+,32+,33-,34+,35+,36-,37-,40-,44+,45-/m1/s1. The minimum atomic E-state index is -0.805. The third kappa shape index (κ3) is 9.52. The van der Waals surface area contributed by atoms with Crippen LogP contribution in [0.3, 0.4) is 0 Å². The first kappa shape index (κ1) is 43.0. The van der Waals surface area contributed by atoms with Crippen LogP contribution in [0.2, 0.25) is 0 Å². The highest BCUT2D eigenvalue weighted by atomic mass is 16.6. The summed E-state index contributed by atoms with van der Waals surface area (Å²) in [6, 6.07) is 0. The molecule has 316 valence electrons. The Morgan fingerprint density at radius 2 is 1.77 bits per heavy atom. The van der Waals surface area contributed by atoms with Gasteiger partial charge in [-0.2, -0.15) is 0 Å². The highest BCUT2D eigenvalue weighted by Gasteiger charge is 2.60. The summed E-state index contributed by atoms with van der Waals surface area (Å²) in [5, 5.41) is 5.26. The van der Waals surface area contributed by atoms with Crippen LogP contribution in [0.15, 0.2) is 21.9 Å². The van der Waals surface area contributed by atoms with Crippen LogP contribution in [0.1, 0.15) is 155 Å². The van der Waals surface area contributed by atoms with Gasteiger partial charge in [-0.3, -0.25) is 33.5 Å². The van der Waals surface area contributed by atoms with Crippen LogP contribution in [0.25, 0.3) is 6.08 Å². The summed E-state index contributed by atoms with van der Waals surface area (Å²) < 4.78 is 12.8. The second-order valence-electron chi connectivity index (χ2n) is 18.6. The zero-order valence-electron chi connectivity index (χ0n) is 35.1. The molecule has 0 unspecified atom stereocenters. The Labute approximate surface area is 338 Å². The van der Waals surface area contributed by atoms with Crippen LogP contribution < -0.4 is 21.9 Å². The van der Waals surface area contributed by atoms with Crippen LogP contribution in [0.5, 0.6) is 0 Å². The van der Waals surface area contributed by atoms with Crippen LogP contribution >= 0.6 is 0 Å². The fourth-order valence-corrected chi connectivity index (χ4v) is 12.5. The van der Waals surface area contributed by atoms with Crippen LogP contribution in [-0.2, 0) is 28.7 Å². The maximum Gasteiger partial charge on any atom is 0.330 e. The monoisotopic (exact) mass is 793 g/mol. The van der Waals surface area contributed by atoms with Gasteiger partial charge in [0.1, 0.15) is 18.1 Å². The molecule has 57 heavy (non-hydrogen) atoms. The molecule has 1 aliphatic heterocycles. The number of aromatic nitrogens is 2. The predicted octanol–water partition coefficient (Wildman–Crippen LogP) is 6.62.